The van der Waals surface area contributed by atoms with E-state index in [9.17, 15) is 19.5 Å². The molecular formula is C22H32N2O5S. The number of fused-ring (bicyclic) bond motifs is 1. The van der Waals surface area contributed by atoms with E-state index in [1.807, 2.05) is 13.8 Å². The first kappa shape index (κ1) is 22.9. The van der Waals surface area contributed by atoms with Crippen LogP contribution in [-0.2, 0) is 19.1 Å². The van der Waals surface area contributed by atoms with Crippen LogP contribution in [0.25, 0.3) is 0 Å². The molecule has 0 aliphatic carbocycles. The van der Waals surface area contributed by atoms with Gasteiger partial charge < -0.3 is 19.6 Å². The van der Waals surface area contributed by atoms with E-state index in [1.165, 1.54) is 11.0 Å². The third kappa shape index (κ3) is 3.28. The van der Waals surface area contributed by atoms with Gasteiger partial charge in [0.1, 0.15) is 12.6 Å². The van der Waals surface area contributed by atoms with E-state index in [1.54, 1.807) is 22.7 Å². The zero-order valence-electron chi connectivity index (χ0n) is 18.0. The lowest BCUT2D eigenvalue weighted by molar-refractivity contribution is -0.153. The topological polar surface area (TPSA) is 87.1 Å². The molecule has 3 unspecified atom stereocenters. The number of nitrogens with zero attached hydrogens (tertiary/aromatic N) is 2. The van der Waals surface area contributed by atoms with E-state index < -0.39 is 28.6 Å². The van der Waals surface area contributed by atoms with Gasteiger partial charge in [-0.25, -0.2) is 0 Å². The van der Waals surface area contributed by atoms with Crippen LogP contribution >= 0.6 is 11.8 Å². The predicted octanol–water partition coefficient (Wildman–Crippen LogP) is 1.47. The van der Waals surface area contributed by atoms with Crippen molar-refractivity contribution < 1.29 is 24.2 Å². The summed E-state index contributed by atoms with van der Waals surface area (Å²) in [5.41, 5.74) is 0. The third-order valence-electron chi connectivity index (χ3n) is 6.67. The first-order chi connectivity index (χ1) is 14.3. The fourth-order valence-corrected chi connectivity index (χ4v) is 7.91. The van der Waals surface area contributed by atoms with Gasteiger partial charge in [-0.3, -0.25) is 14.4 Å². The summed E-state index contributed by atoms with van der Waals surface area (Å²) in [5.74, 6) is -1.89. The van der Waals surface area contributed by atoms with Crippen molar-refractivity contribution in [3.63, 3.8) is 0 Å². The van der Waals surface area contributed by atoms with Crippen LogP contribution in [0.15, 0.2) is 25.3 Å². The molecule has 6 atom stereocenters. The molecule has 1 N–H and O–H groups in total. The van der Waals surface area contributed by atoms with Crippen LogP contribution in [0.1, 0.15) is 27.2 Å². The molecule has 3 heterocycles. The van der Waals surface area contributed by atoms with Gasteiger partial charge in [-0.2, -0.15) is 0 Å². The lowest BCUT2D eigenvalue weighted by Gasteiger charge is -2.41. The maximum Gasteiger partial charge on any atom is 0.311 e. The fourth-order valence-electron chi connectivity index (χ4n) is 5.50. The Hall–Kier alpha value is -1.80. The molecule has 3 fully saturated rings. The Bertz CT molecular complexity index is 741. The molecule has 30 heavy (non-hydrogen) atoms. The SMILES string of the molecule is C=CCOC(=O)[C@@H]1[C@H]2C(=O)N(CCO)C(C(=O)N(CC=C)C(C)C)C23S[C@@H]1CC3C. The number of ether oxygens (including phenoxy) is 1. The quantitative estimate of drug-likeness (QED) is 0.435. The number of carbonyl (C=O) groups excluding carboxylic acids is 3. The van der Waals surface area contributed by atoms with Crippen LogP contribution in [-0.4, -0.2) is 81.1 Å². The molecule has 166 valence electrons. The number of thioether (sulfide) groups is 1. The monoisotopic (exact) mass is 436 g/mol. The second-order valence-corrected chi connectivity index (χ2v) is 10.1. The number of esters is 1. The molecule has 8 heteroatoms. The zero-order chi connectivity index (χ0) is 22.2. The number of likely N-dealkylation sites (tertiary alicyclic amines) is 1. The lowest BCUT2D eigenvalue weighted by Crippen LogP contribution is -2.58. The first-order valence-corrected chi connectivity index (χ1v) is 11.4. The molecule has 2 bridgehead atoms. The van der Waals surface area contributed by atoms with Crippen molar-refractivity contribution >= 4 is 29.5 Å². The number of hydrogen-bond acceptors (Lipinski definition) is 6. The molecule has 2 amide bonds. The predicted molar refractivity (Wildman–Crippen MR) is 116 cm³/mol. The summed E-state index contributed by atoms with van der Waals surface area (Å²) < 4.78 is 4.64. The number of aliphatic hydroxyl groups is 1. The third-order valence-corrected chi connectivity index (χ3v) is 8.74. The summed E-state index contributed by atoms with van der Waals surface area (Å²) in [4.78, 5) is 43.4. The Morgan fingerprint density at radius 3 is 2.67 bits per heavy atom. The number of hydrogen-bond donors (Lipinski definition) is 1. The minimum absolute atomic E-state index is 0.0512. The zero-order valence-corrected chi connectivity index (χ0v) is 18.8. The number of β-amino-alcohol motifs (C(OH)–C–C–N with tert-alkyl or cyclic N) is 1. The average Bonchev–Trinajstić information content (AvgIpc) is 3.28. The lowest BCUT2D eigenvalue weighted by atomic mass is 9.66. The largest absolute Gasteiger partial charge is 0.461 e. The number of carbonyl (C=O) groups is 3. The van der Waals surface area contributed by atoms with Crippen molar-refractivity contribution in [2.45, 2.75) is 49.3 Å². The van der Waals surface area contributed by atoms with E-state index in [-0.39, 0.29) is 48.8 Å². The Morgan fingerprint density at radius 1 is 1.40 bits per heavy atom. The highest BCUT2D eigenvalue weighted by molar-refractivity contribution is 8.02. The molecule has 1 spiro atoms. The molecule has 3 aliphatic heterocycles. The van der Waals surface area contributed by atoms with Crippen LogP contribution < -0.4 is 0 Å². The molecule has 0 saturated carbocycles. The van der Waals surface area contributed by atoms with Crippen molar-refractivity contribution in [1.82, 2.24) is 9.80 Å². The highest BCUT2D eigenvalue weighted by atomic mass is 32.2. The van der Waals surface area contributed by atoms with E-state index in [4.69, 9.17) is 4.74 Å². The van der Waals surface area contributed by atoms with E-state index in [0.29, 0.717) is 6.54 Å². The molecular weight excluding hydrogens is 404 g/mol. The van der Waals surface area contributed by atoms with Gasteiger partial charge in [0.25, 0.3) is 0 Å². The van der Waals surface area contributed by atoms with Crippen molar-refractivity contribution in [3.8, 4) is 0 Å². The van der Waals surface area contributed by atoms with Crippen LogP contribution in [0.4, 0.5) is 0 Å². The summed E-state index contributed by atoms with van der Waals surface area (Å²) >= 11 is 1.60. The van der Waals surface area contributed by atoms with Crippen molar-refractivity contribution in [2.75, 3.05) is 26.3 Å². The maximum absolute atomic E-state index is 13.8. The van der Waals surface area contributed by atoms with Crippen LogP contribution in [0, 0.1) is 17.8 Å². The summed E-state index contributed by atoms with van der Waals surface area (Å²) in [6.07, 6.45) is 3.94. The van der Waals surface area contributed by atoms with E-state index >= 15 is 0 Å². The van der Waals surface area contributed by atoms with Crippen molar-refractivity contribution in [1.29, 1.82) is 0 Å². The highest BCUT2D eigenvalue weighted by Crippen LogP contribution is 2.68. The normalized spacial score (nSPS) is 34.2. The molecule has 3 aliphatic rings. The van der Waals surface area contributed by atoms with Crippen molar-refractivity contribution in [3.05, 3.63) is 25.3 Å². The minimum atomic E-state index is -0.716. The van der Waals surface area contributed by atoms with Gasteiger partial charge in [0.05, 0.1) is 23.2 Å². The fraction of sp³-hybridized carbons (Fsp3) is 0.682. The van der Waals surface area contributed by atoms with E-state index in [2.05, 4.69) is 20.1 Å². The second-order valence-electron chi connectivity index (χ2n) is 8.60. The summed E-state index contributed by atoms with van der Waals surface area (Å²) in [5, 5.41) is 9.59. The summed E-state index contributed by atoms with van der Waals surface area (Å²) in [6, 6.07) is -0.781. The standard InChI is InChI=1S/C22H32N2O5S/c1-6-8-23(13(3)4)20(27)18-22-14(5)12-15(30-22)16(21(28)29-11-7-2)17(22)19(26)24(18)9-10-25/h6-7,13-18,25H,1-2,8-12H2,3-5H3/t14?,15-,16+,17+,18?,22?/m1/s1. The highest BCUT2D eigenvalue weighted by Gasteiger charge is 2.76. The Kier molecular flexibility index (Phi) is 6.67. The molecule has 7 nitrogen and oxygen atoms in total. The smallest absolute Gasteiger partial charge is 0.311 e. The molecule has 3 saturated heterocycles. The number of amides is 2. The van der Waals surface area contributed by atoms with Crippen LogP contribution in [0.3, 0.4) is 0 Å². The van der Waals surface area contributed by atoms with Gasteiger partial charge in [0, 0.05) is 24.4 Å². The number of aliphatic hydroxyl groups excluding tert-OH is 1. The van der Waals surface area contributed by atoms with Gasteiger partial charge in [-0.1, -0.05) is 25.7 Å². The summed E-state index contributed by atoms with van der Waals surface area (Å²) in [6.45, 7) is 13.6. The number of rotatable bonds is 9. The van der Waals surface area contributed by atoms with Gasteiger partial charge >= 0.3 is 5.97 Å². The Balaban J connectivity index is 2.05. The van der Waals surface area contributed by atoms with E-state index in [0.717, 1.165) is 6.42 Å². The molecule has 0 aromatic rings. The van der Waals surface area contributed by atoms with Gasteiger partial charge in [0.15, 0.2) is 0 Å². The van der Waals surface area contributed by atoms with Crippen LogP contribution in [0.2, 0.25) is 0 Å². The van der Waals surface area contributed by atoms with Crippen molar-refractivity contribution in [2.24, 2.45) is 17.8 Å². The average molecular weight is 437 g/mol. The minimum Gasteiger partial charge on any atom is -0.461 e. The van der Waals surface area contributed by atoms with Gasteiger partial charge in [-0.15, -0.1) is 18.3 Å². The molecule has 0 aromatic heterocycles. The summed E-state index contributed by atoms with van der Waals surface area (Å²) in [7, 11) is 0. The van der Waals surface area contributed by atoms with Gasteiger partial charge in [0.2, 0.25) is 11.8 Å². The molecule has 0 radical (unpaired) electrons. The molecule has 3 rings (SSSR count). The maximum atomic E-state index is 13.8. The molecule has 0 aromatic carbocycles. The Morgan fingerprint density at radius 2 is 2.10 bits per heavy atom. The first-order valence-electron chi connectivity index (χ1n) is 10.5. The Labute approximate surface area is 182 Å². The van der Waals surface area contributed by atoms with Gasteiger partial charge in [-0.05, 0) is 26.2 Å². The van der Waals surface area contributed by atoms with Crippen LogP contribution in [0.5, 0.6) is 0 Å². The second kappa shape index (κ2) is 8.75.